The van der Waals surface area contributed by atoms with E-state index in [0.717, 1.165) is 5.56 Å². The zero-order chi connectivity index (χ0) is 13.7. The van der Waals surface area contributed by atoms with Gasteiger partial charge in [0.15, 0.2) is 0 Å². The highest BCUT2D eigenvalue weighted by molar-refractivity contribution is 5.94. The van der Waals surface area contributed by atoms with Gasteiger partial charge >= 0.3 is 0 Å². The minimum atomic E-state index is -0.0341. The van der Waals surface area contributed by atoms with E-state index in [1.54, 1.807) is 0 Å². The predicted molar refractivity (Wildman–Crippen MR) is 78.3 cm³/mol. The van der Waals surface area contributed by atoms with Gasteiger partial charge in [-0.2, -0.15) is 0 Å². The van der Waals surface area contributed by atoms with Crippen LogP contribution in [0, 0.1) is 0 Å². The third-order valence-electron chi connectivity index (χ3n) is 3.98. The van der Waals surface area contributed by atoms with Crippen molar-refractivity contribution in [3.8, 4) is 0 Å². The molecule has 0 spiro atoms. The van der Waals surface area contributed by atoms with Crippen LogP contribution < -0.4 is 11.1 Å². The van der Waals surface area contributed by atoms with Crippen LogP contribution in [0.5, 0.6) is 0 Å². The molecule has 1 fully saturated rings. The summed E-state index contributed by atoms with van der Waals surface area (Å²) in [6.45, 7) is 2.38. The summed E-state index contributed by atoms with van der Waals surface area (Å²) in [6.07, 6.45) is 6.61. The molecule has 1 aliphatic rings. The van der Waals surface area contributed by atoms with E-state index in [-0.39, 0.29) is 11.9 Å². The molecule has 0 radical (unpaired) electrons. The maximum absolute atomic E-state index is 11.9. The van der Waals surface area contributed by atoms with Crippen molar-refractivity contribution in [2.24, 2.45) is 5.73 Å². The van der Waals surface area contributed by atoms with Gasteiger partial charge in [0.2, 0.25) is 0 Å². The van der Waals surface area contributed by atoms with E-state index < -0.39 is 0 Å². The first-order valence-electron chi connectivity index (χ1n) is 7.31. The molecular formula is C16H24N2O. The zero-order valence-electron chi connectivity index (χ0n) is 11.7. The van der Waals surface area contributed by atoms with Crippen LogP contribution in [0.2, 0.25) is 0 Å². The standard InChI is InChI=1S/C16H24N2O/c1-12(11-17)18-16(19)15-9-7-14(8-10-15)13-5-3-2-4-6-13/h7-10,12-13H,2-6,11,17H2,1H3,(H,18,19)/t12-/m0/s1. The second-order valence-corrected chi connectivity index (χ2v) is 5.57. The number of nitrogens with two attached hydrogens (primary N) is 1. The van der Waals surface area contributed by atoms with Gasteiger partial charge in [0.25, 0.3) is 5.91 Å². The lowest BCUT2D eigenvalue weighted by molar-refractivity contribution is 0.0941. The van der Waals surface area contributed by atoms with E-state index in [4.69, 9.17) is 5.73 Å². The van der Waals surface area contributed by atoms with Crippen LogP contribution in [-0.2, 0) is 0 Å². The molecule has 104 valence electrons. The smallest absolute Gasteiger partial charge is 0.251 e. The van der Waals surface area contributed by atoms with Crippen LogP contribution >= 0.6 is 0 Å². The van der Waals surface area contributed by atoms with Gasteiger partial charge in [0.05, 0.1) is 0 Å². The molecule has 3 N–H and O–H groups in total. The SMILES string of the molecule is C[C@@H](CN)NC(=O)c1ccc(C2CCCCC2)cc1. The Labute approximate surface area is 115 Å². The normalized spacial score (nSPS) is 18.0. The Bertz CT molecular complexity index is 407. The van der Waals surface area contributed by atoms with Crippen LogP contribution in [0.15, 0.2) is 24.3 Å². The van der Waals surface area contributed by atoms with E-state index in [1.807, 2.05) is 19.1 Å². The van der Waals surface area contributed by atoms with Crippen molar-refractivity contribution in [1.29, 1.82) is 0 Å². The summed E-state index contributed by atoms with van der Waals surface area (Å²) < 4.78 is 0. The van der Waals surface area contributed by atoms with Crippen molar-refractivity contribution in [2.75, 3.05) is 6.54 Å². The lowest BCUT2D eigenvalue weighted by Crippen LogP contribution is -2.37. The molecule has 19 heavy (non-hydrogen) atoms. The first-order chi connectivity index (χ1) is 9.20. The molecule has 1 amide bonds. The van der Waals surface area contributed by atoms with Crippen molar-refractivity contribution in [1.82, 2.24) is 5.32 Å². The average Bonchev–Trinajstić information content (AvgIpc) is 2.48. The topological polar surface area (TPSA) is 55.1 Å². The summed E-state index contributed by atoms with van der Waals surface area (Å²) >= 11 is 0. The molecule has 1 atom stereocenters. The Morgan fingerprint density at radius 1 is 1.26 bits per heavy atom. The molecule has 2 rings (SSSR count). The predicted octanol–water partition coefficient (Wildman–Crippen LogP) is 2.81. The lowest BCUT2D eigenvalue weighted by atomic mass is 9.84. The molecule has 0 unspecified atom stereocenters. The monoisotopic (exact) mass is 260 g/mol. The maximum atomic E-state index is 11.9. The Hall–Kier alpha value is -1.35. The van der Waals surface area contributed by atoms with Gasteiger partial charge in [0.1, 0.15) is 0 Å². The average molecular weight is 260 g/mol. The molecule has 1 aliphatic carbocycles. The Kier molecular flexibility index (Phi) is 4.97. The molecule has 0 aromatic heterocycles. The number of hydrogen-bond donors (Lipinski definition) is 2. The minimum absolute atomic E-state index is 0.0190. The molecule has 0 bridgehead atoms. The second-order valence-electron chi connectivity index (χ2n) is 5.57. The van der Waals surface area contributed by atoms with Crippen molar-refractivity contribution in [3.05, 3.63) is 35.4 Å². The Balaban J connectivity index is 1.99. The third-order valence-corrected chi connectivity index (χ3v) is 3.98. The molecular weight excluding hydrogens is 236 g/mol. The number of amides is 1. The van der Waals surface area contributed by atoms with Gasteiger partial charge in [-0.05, 0) is 43.4 Å². The number of benzene rings is 1. The highest BCUT2D eigenvalue weighted by Gasteiger charge is 2.16. The molecule has 0 heterocycles. The largest absolute Gasteiger partial charge is 0.348 e. The van der Waals surface area contributed by atoms with Crippen molar-refractivity contribution < 1.29 is 4.79 Å². The summed E-state index contributed by atoms with van der Waals surface area (Å²) in [5.74, 6) is 0.655. The fourth-order valence-electron chi connectivity index (χ4n) is 2.71. The molecule has 1 aromatic rings. The van der Waals surface area contributed by atoms with Crippen molar-refractivity contribution >= 4 is 5.91 Å². The van der Waals surface area contributed by atoms with Gasteiger partial charge in [-0.15, -0.1) is 0 Å². The third kappa shape index (κ3) is 3.80. The molecule has 1 aromatic carbocycles. The van der Waals surface area contributed by atoms with Crippen LogP contribution in [0.3, 0.4) is 0 Å². The van der Waals surface area contributed by atoms with Crippen LogP contribution in [0.1, 0.15) is 60.9 Å². The van der Waals surface area contributed by atoms with Crippen molar-refractivity contribution in [3.63, 3.8) is 0 Å². The number of rotatable bonds is 4. The van der Waals surface area contributed by atoms with Crippen molar-refractivity contribution in [2.45, 2.75) is 51.0 Å². The fraction of sp³-hybridized carbons (Fsp3) is 0.562. The molecule has 3 nitrogen and oxygen atoms in total. The Morgan fingerprint density at radius 2 is 1.89 bits per heavy atom. The van der Waals surface area contributed by atoms with Gasteiger partial charge in [-0.3, -0.25) is 4.79 Å². The highest BCUT2D eigenvalue weighted by atomic mass is 16.1. The molecule has 0 aliphatic heterocycles. The van der Waals surface area contributed by atoms with E-state index in [9.17, 15) is 4.79 Å². The highest BCUT2D eigenvalue weighted by Crippen LogP contribution is 2.32. The lowest BCUT2D eigenvalue weighted by Gasteiger charge is -2.22. The number of carbonyl (C=O) groups excluding carboxylic acids is 1. The summed E-state index contributed by atoms with van der Waals surface area (Å²) in [5.41, 5.74) is 7.61. The maximum Gasteiger partial charge on any atom is 0.251 e. The van der Waals surface area contributed by atoms with E-state index >= 15 is 0 Å². The van der Waals surface area contributed by atoms with Crippen LogP contribution in [0.4, 0.5) is 0 Å². The number of hydrogen-bond acceptors (Lipinski definition) is 2. The summed E-state index contributed by atoms with van der Waals surface area (Å²) in [6, 6.07) is 8.10. The minimum Gasteiger partial charge on any atom is -0.348 e. The van der Waals surface area contributed by atoms with Gasteiger partial charge in [-0.25, -0.2) is 0 Å². The van der Waals surface area contributed by atoms with Crippen LogP contribution in [0.25, 0.3) is 0 Å². The summed E-state index contributed by atoms with van der Waals surface area (Å²) in [5, 5.41) is 2.88. The van der Waals surface area contributed by atoms with Gasteiger partial charge in [-0.1, -0.05) is 31.4 Å². The molecule has 0 saturated heterocycles. The molecule has 3 heteroatoms. The van der Waals surface area contributed by atoms with E-state index in [2.05, 4.69) is 17.4 Å². The van der Waals surface area contributed by atoms with E-state index in [0.29, 0.717) is 12.5 Å². The zero-order valence-corrected chi connectivity index (χ0v) is 11.7. The summed E-state index contributed by atoms with van der Waals surface area (Å²) in [4.78, 5) is 11.9. The molecule has 1 saturated carbocycles. The first kappa shape index (κ1) is 14.1. The first-order valence-corrected chi connectivity index (χ1v) is 7.31. The van der Waals surface area contributed by atoms with Crippen LogP contribution in [-0.4, -0.2) is 18.5 Å². The van der Waals surface area contributed by atoms with E-state index in [1.165, 1.54) is 37.7 Å². The quantitative estimate of drug-likeness (QED) is 0.874. The number of carbonyl (C=O) groups is 1. The Morgan fingerprint density at radius 3 is 2.47 bits per heavy atom. The summed E-state index contributed by atoms with van der Waals surface area (Å²) in [7, 11) is 0. The second kappa shape index (κ2) is 6.71. The van der Waals surface area contributed by atoms with Gasteiger partial charge < -0.3 is 11.1 Å². The fourth-order valence-corrected chi connectivity index (χ4v) is 2.71. The number of nitrogens with one attached hydrogen (secondary N) is 1. The van der Waals surface area contributed by atoms with Gasteiger partial charge in [0, 0.05) is 18.2 Å².